The second kappa shape index (κ2) is 8.72. The molecule has 1 aliphatic rings. The molecule has 1 aromatic carbocycles. The molecular formula is C17H25Cl2N3O2. The fraction of sp³-hybridized carbons (Fsp3) is 0.471. The Morgan fingerprint density at radius 2 is 1.88 bits per heavy atom. The zero-order valence-corrected chi connectivity index (χ0v) is 15.6. The van der Waals surface area contributed by atoms with Crippen LogP contribution in [-0.2, 0) is 6.54 Å². The van der Waals surface area contributed by atoms with E-state index in [4.69, 9.17) is 10.3 Å². The van der Waals surface area contributed by atoms with E-state index in [1.165, 1.54) is 0 Å². The summed E-state index contributed by atoms with van der Waals surface area (Å²) in [6, 6.07) is 6.04. The van der Waals surface area contributed by atoms with Gasteiger partial charge in [-0.05, 0) is 69.1 Å². The minimum absolute atomic E-state index is 0. The first kappa shape index (κ1) is 20.8. The Morgan fingerprint density at radius 1 is 1.21 bits per heavy atom. The Kier molecular flexibility index (Phi) is 7.55. The van der Waals surface area contributed by atoms with Crippen LogP contribution < -0.4 is 5.73 Å². The molecule has 2 heterocycles. The quantitative estimate of drug-likeness (QED) is 0.861. The molecule has 7 heteroatoms. The molecule has 3 rings (SSSR count). The van der Waals surface area contributed by atoms with E-state index in [0.29, 0.717) is 6.04 Å². The lowest BCUT2D eigenvalue weighted by molar-refractivity contribution is 0.205. The molecule has 1 aliphatic heterocycles. The number of nitrogens with zero attached hydrogens (tertiary/aromatic N) is 2. The summed E-state index contributed by atoms with van der Waals surface area (Å²) in [5.41, 5.74) is 9.83. The number of aromatic nitrogens is 1. The van der Waals surface area contributed by atoms with Crippen LogP contribution in [0.1, 0.15) is 29.9 Å². The maximum absolute atomic E-state index is 10.1. The Morgan fingerprint density at radius 3 is 2.46 bits per heavy atom. The largest absolute Gasteiger partial charge is 0.508 e. The number of hydrogen-bond acceptors (Lipinski definition) is 5. The fourth-order valence-electron chi connectivity index (χ4n) is 3.17. The second-order valence-electron chi connectivity index (χ2n) is 6.20. The molecule has 0 spiro atoms. The molecule has 1 saturated heterocycles. The van der Waals surface area contributed by atoms with E-state index < -0.39 is 0 Å². The van der Waals surface area contributed by atoms with E-state index in [-0.39, 0.29) is 30.6 Å². The molecule has 1 aromatic heterocycles. The van der Waals surface area contributed by atoms with Gasteiger partial charge in [-0.3, -0.25) is 4.90 Å². The van der Waals surface area contributed by atoms with Gasteiger partial charge >= 0.3 is 0 Å². The smallest absolute Gasteiger partial charge is 0.141 e. The molecule has 24 heavy (non-hydrogen) atoms. The number of phenolic OH excluding ortho intramolecular Hbond substituents is 1. The summed E-state index contributed by atoms with van der Waals surface area (Å²) in [7, 11) is 0. The Hall–Kier alpha value is -1.27. The van der Waals surface area contributed by atoms with Crippen molar-refractivity contribution in [1.82, 2.24) is 10.1 Å². The van der Waals surface area contributed by atoms with Gasteiger partial charge in [-0.15, -0.1) is 24.8 Å². The predicted molar refractivity (Wildman–Crippen MR) is 100 cm³/mol. The third-order valence-corrected chi connectivity index (χ3v) is 4.34. The van der Waals surface area contributed by atoms with Crippen LogP contribution in [0, 0.1) is 13.8 Å². The van der Waals surface area contributed by atoms with Gasteiger partial charge in [0.25, 0.3) is 0 Å². The van der Waals surface area contributed by atoms with Gasteiger partial charge in [-0.2, -0.15) is 0 Å². The molecule has 0 atom stereocenters. The number of benzene rings is 1. The number of aryl methyl sites for hydroxylation is 2. The number of nitrogens with two attached hydrogens (primary N) is 1. The van der Waals surface area contributed by atoms with Crippen LogP contribution in [0.4, 0.5) is 0 Å². The first-order chi connectivity index (χ1) is 10.5. The summed E-state index contributed by atoms with van der Waals surface area (Å²) in [5.74, 6) is 1.05. The summed E-state index contributed by atoms with van der Waals surface area (Å²) in [4.78, 5) is 2.38. The number of aromatic hydroxyl groups is 1. The average molecular weight is 374 g/mol. The van der Waals surface area contributed by atoms with E-state index in [0.717, 1.165) is 60.6 Å². The lowest BCUT2D eigenvalue weighted by Crippen LogP contribution is -2.39. The van der Waals surface area contributed by atoms with Gasteiger partial charge in [-0.25, -0.2) is 0 Å². The van der Waals surface area contributed by atoms with Crippen LogP contribution in [0.3, 0.4) is 0 Å². The van der Waals surface area contributed by atoms with Gasteiger partial charge in [0, 0.05) is 18.2 Å². The predicted octanol–water partition coefficient (Wildman–Crippen LogP) is 3.43. The van der Waals surface area contributed by atoms with Gasteiger partial charge in [0.2, 0.25) is 0 Å². The van der Waals surface area contributed by atoms with Crippen molar-refractivity contribution in [3.63, 3.8) is 0 Å². The van der Waals surface area contributed by atoms with Crippen molar-refractivity contribution < 1.29 is 9.63 Å². The van der Waals surface area contributed by atoms with Crippen molar-refractivity contribution in [3.05, 3.63) is 35.2 Å². The molecule has 5 nitrogen and oxygen atoms in total. The van der Waals surface area contributed by atoms with Crippen molar-refractivity contribution in [2.75, 3.05) is 13.1 Å². The van der Waals surface area contributed by atoms with Crippen molar-refractivity contribution >= 4 is 24.8 Å². The standard InChI is InChI=1S/C17H23N3O2.2ClH/c1-11-17(12(2)22-19-11)14-7-13(8-16(21)9-14)10-20-5-3-15(18)4-6-20;;/h7-9,15,21H,3-6,10,18H2,1-2H3;2*1H. The second-order valence-corrected chi connectivity index (χ2v) is 6.20. The van der Waals surface area contributed by atoms with E-state index in [1.54, 1.807) is 6.07 Å². The van der Waals surface area contributed by atoms with Crippen LogP contribution in [0.5, 0.6) is 5.75 Å². The Balaban J connectivity index is 0.00000144. The van der Waals surface area contributed by atoms with Crippen molar-refractivity contribution in [1.29, 1.82) is 0 Å². The topological polar surface area (TPSA) is 75.5 Å². The average Bonchev–Trinajstić information content (AvgIpc) is 2.80. The van der Waals surface area contributed by atoms with E-state index in [2.05, 4.69) is 16.1 Å². The summed E-state index contributed by atoms with van der Waals surface area (Å²) in [6.45, 7) is 6.67. The highest BCUT2D eigenvalue weighted by molar-refractivity contribution is 5.85. The molecule has 3 N–H and O–H groups in total. The Labute approximate surface area is 155 Å². The molecule has 0 radical (unpaired) electrons. The third-order valence-electron chi connectivity index (χ3n) is 4.34. The highest BCUT2D eigenvalue weighted by Crippen LogP contribution is 2.31. The number of rotatable bonds is 3. The number of likely N-dealkylation sites (tertiary alicyclic amines) is 1. The molecule has 0 bridgehead atoms. The maximum Gasteiger partial charge on any atom is 0.141 e. The number of piperidine rings is 1. The lowest BCUT2D eigenvalue weighted by atomic mass is 10.00. The zero-order valence-electron chi connectivity index (χ0n) is 14.0. The van der Waals surface area contributed by atoms with Crippen LogP contribution in [0.25, 0.3) is 11.1 Å². The van der Waals surface area contributed by atoms with Gasteiger partial charge in [0.05, 0.1) is 5.69 Å². The van der Waals surface area contributed by atoms with Crippen LogP contribution in [-0.4, -0.2) is 34.3 Å². The number of phenols is 1. The third kappa shape index (κ3) is 4.63. The first-order valence-corrected chi connectivity index (χ1v) is 7.77. The summed E-state index contributed by atoms with van der Waals surface area (Å²) >= 11 is 0. The molecule has 0 unspecified atom stereocenters. The molecule has 0 saturated carbocycles. The number of hydrogen-bond donors (Lipinski definition) is 2. The minimum atomic E-state index is 0. The molecule has 0 aliphatic carbocycles. The molecule has 2 aromatic rings. The van der Waals surface area contributed by atoms with Crippen LogP contribution in [0.15, 0.2) is 22.7 Å². The molecule has 0 amide bonds. The van der Waals surface area contributed by atoms with E-state index >= 15 is 0 Å². The first-order valence-electron chi connectivity index (χ1n) is 7.77. The Bertz CT molecular complexity index is 648. The monoisotopic (exact) mass is 373 g/mol. The molecule has 134 valence electrons. The maximum atomic E-state index is 10.1. The van der Waals surface area contributed by atoms with Gasteiger partial charge in [0.15, 0.2) is 0 Å². The SMILES string of the molecule is Cc1noc(C)c1-c1cc(O)cc(CN2CCC(N)CC2)c1.Cl.Cl. The highest BCUT2D eigenvalue weighted by Gasteiger charge is 2.18. The molecule has 1 fully saturated rings. The summed E-state index contributed by atoms with van der Waals surface area (Å²) < 4.78 is 5.24. The van der Waals surface area contributed by atoms with E-state index in [1.807, 2.05) is 19.9 Å². The number of halogens is 2. The zero-order chi connectivity index (χ0) is 15.7. The lowest BCUT2D eigenvalue weighted by Gasteiger charge is -2.30. The van der Waals surface area contributed by atoms with E-state index in [9.17, 15) is 5.11 Å². The van der Waals surface area contributed by atoms with Gasteiger partial charge in [-0.1, -0.05) is 5.16 Å². The van der Waals surface area contributed by atoms with Crippen molar-refractivity contribution in [3.8, 4) is 16.9 Å². The van der Waals surface area contributed by atoms with Crippen LogP contribution in [0.2, 0.25) is 0 Å². The normalized spacial score (nSPS) is 15.6. The van der Waals surface area contributed by atoms with Crippen molar-refractivity contribution in [2.24, 2.45) is 5.73 Å². The van der Waals surface area contributed by atoms with Crippen molar-refractivity contribution in [2.45, 2.75) is 39.3 Å². The fourth-order valence-corrected chi connectivity index (χ4v) is 3.17. The van der Waals surface area contributed by atoms with Gasteiger partial charge < -0.3 is 15.4 Å². The van der Waals surface area contributed by atoms with Gasteiger partial charge in [0.1, 0.15) is 11.5 Å². The minimum Gasteiger partial charge on any atom is -0.508 e. The highest BCUT2D eigenvalue weighted by atomic mass is 35.5. The summed E-state index contributed by atoms with van der Waals surface area (Å²) in [6.07, 6.45) is 2.07. The summed E-state index contributed by atoms with van der Waals surface area (Å²) in [5, 5.41) is 14.1. The molecular weight excluding hydrogens is 349 g/mol. The van der Waals surface area contributed by atoms with Crippen LogP contribution >= 0.6 is 24.8 Å².